The SMILES string of the molecule is O=C(Cc1ccccc1Cl)N1CCCN(CCBr)CC1. The molecule has 5 heteroatoms. The normalized spacial score (nSPS) is 17.0. The van der Waals surface area contributed by atoms with Crippen molar-refractivity contribution in [2.75, 3.05) is 38.1 Å². The fourth-order valence-corrected chi connectivity index (χ4v) is 3.18. The lowest BCUT2D eigenvalue weighted by atomic mass is 10.1. The first-order valence-electron chi connectivity index (χ1n) is 7.00. The molecule has 1 heterocycles. The zero-order valence-electron chi connectivity index (χ0n) is 11.5. The van der Waals surface area contributed by atoms with Crippen molar-refractivity contribution in [1.29, 1.82) is 0 Å². The summed E-state index contributed by atoms with van der Waals surface area (Å²) in [7, 11) is 0. The number of nitrogens with zero attached hydrogens (tertiary/aromatic N) is 2. The van der Waals surface area contributed by atoms with Gasteiger partial charge in [-0.2, -0.15) is 0 Å². The van der Waals surface area contributed by atoms with Gasteiger partial charge in [-0.3, -0.25) is 4.79 Å². The summed E-state index contributed by atoms with van der Waals surface area (Å²) in [5.41, 5.74) is 0.917. The van der Waals surface area contributed by atoms with Crippen molar-refractivity contribution >= 4 is 33.4 Å². The van der Waals surface area contributed by atoms with E-state index in [1.807, 2.05) is 29.2 Å². The number of carbonyl (C=O) groups excluding carboxylic acids is 1. The molecule has 1 amide bonds. The lowest BCUT2D eigenvalue weighted by Gasteiger charge is -2.21. The summed E-state index contributed by atoms with van der Waals surface area (Å²) in [6, 6.07) is 7.58. The van der Waals surface area contributed by atoms with Gasteiger partial charge in [0.1, 0.15) is 0 Å². The molecule has 0 bridgehead atoms. The van der Waals surface area contributed by atoms with Crippen molar-refractivity contribution in [2.24, 2.45) is 0 Å². The Morgan fingerprint density at radius 2 is 2.00 bits per heavy atom. The van der Waals surface area contributed by atoms with Crippen LogP contribution in [0, 0.1) is 0 Å². The van der Waals surface area contributed by atoms with Crippen LogP contribution in [0.3, 0.4) is 0 Å². The van der Waals surface area contributed by atoms with Gasteiger partial charge in [0.2, 0.25) is 5.91 Å². The summed E-state index contributed by atoms with van der Waals surface area (Å²) in [6.45, 7) is 4.74. The highest BCUT2D eigenvalue weighted by molar-refractivity contribution is 9.09. The number of benzene rings is 1. The Balaban J connectivity index is 1.91. The Morgan fingerprint density at radius 1 is 1.20 bits per heavy atom. The first kappa shape index (κ1) is 15.8. The van der Waals surface area contributed by atoms with Gasteiger partial charge in [-0.05, 0) is 24.6 Å². The molecule has 0 aliphatic carbocycles. The number of amides is 1. The summed E-state index contributed by atoms with van der Waals surface area (Å²) in [5, 5.41) is 1.66. The second-order valence-electron chi connectivity index (χ2n) is 5.03. The molecule has 110 valence electrons. The molecule has 1 aromatic rings. The zero-order valence-corrected chi connectivity index (χ0v) is 13.9. The minimum atomic E-state index is 0.179. The van der Waals surface area contributed by atoms with Crippen LogP contribution in [-0.2, 0) is 11.2 Å². The molecule has 1 fully saturated rings. The smallest absolute Gasteiger partial charge is 0.227 e. The van der Waals surface area contributed by atoms with Crippen molar-refractivity contribution in [1.82, 2.24) is 9.80 Å². The average molecular weight is 360 g/mol. The third kappa shape index (κ3) is 4.47. The van der Waals surface area contributed by atoms with E-state index in [9.17, 15) is 4.79 Å². The Labute approximate surface area is 134 Å². The minimum absolute atomic E-state index is 0.179. The molecule has 1 aliphatic heterocycles. The second-order valence-corrected chi connectivity index (χ2v) is 6.23. The molecular weight excluding hydrogens is 340 g/mol. The third-order valence-electron chi connectivity index (χ3n) is 3.64. The van der Waals surface area contributed by atoms with E-state index in [4.69, 9.17) is 11.6 Å². The summed E-state index contributed by atoms with van der Waals surface area (Å²) in [4.78, 5) is 16.7. The second kappa shape index (κ2) is 8.01. The summed E-state index contributed by atoms with van der Waals surface area (Å²) < 4.78 is 0. The largest absolute Gasteiger partial charge is 0.341 e. The summed E-state index contributed by atoms with van der Waals surface area (Å²) in [5.74, 6) is 0.179. The Kier molecular flexibility index (Phi) is 6.33. The van der Waals surface area contributed by atoms with E-state index in [-0.39, 0.29) is 5.91 Å². The molecule has 0 saturated carbocycles. The molecule has 3 nitrogen and oxygen atoms in total. The van der Waals surface area contributed by atoms with Crippen LogP contribution in [0.4, 0.5) is 0 Å². The number of rotatable bonds is 4. The number of alkyl halides is 1. The van der Waals surface area contributed by atoms with Gasteiger partial charge in [0.05, 0.1) is 6.42 Å². The van der Waals surface area contributed by atoms with E-state index in [0.29, 0.717) is 11.4 Å². The average Bonchev–Trinajstić information content (AvgIpc) is 2.67. The molecule has 0 radical (unpaired) electrons. The zero-order chi connectivity index (χ0) is 14.4. The van der Waals surface area contributed by atoms with E-state index in [0.717, 1.165) is 50.0 Å². The number of carbonyl (C=O) groups is 1. The van der Waals surface area contributed by atoms with E-state index in [1.54, 1.807) is 0 Å². The van der Waals surface area contributed by atoms with Crippen LogP contribution in [0.2, 0.25) is 5.02 Å². The van der Waals surface area contributed by atoms with Crippen molar-refractivity contribution in [3.05, 3.63) is 34.9 Å². The van der Waals surface area contributed by atoms with Gasteiger partial charge in [-0.15, -0.1) is 0 Å². The highest BCUT2D eigenvalue weighted by Gasteiger charge is 2.19. The van der Waals surface area contributed by atoms with Gasteiger partial charge >= 0.3 is 0 Å². The standard InChI is InChI=1S/C15H20BrClN2O/c16-6-9-18-7-3-8-19(11-10-18)15(20)12-13-4-1-2-5-14(13)17/h1-2,4-5H,3,6-12H2. The molecule has 1 saturated heterocycles. The quantitative estimate of drug-likeness (QED) is 0.772. The van der Waals surface area contributed by atoms with Gasteiger partial charge < -0.3 is 9.80 Å². The Bertz CT molecular complexity index is 455. The topological polar surface area (TPSA) is 23.6 Å². The van der Waals surface area contributed by atoms with Crippen molar-refractivity contribution in [3.63, 3.8) is 0 Å². The van der Waals surface area contributed by atoms with Crippen molar-refractivity contribution < 1.29 is 4.79 Å². The van der Waals surface area contributed by atoms with Crippen LogP contribution in [0.25, 0.3) is 0 Å². The van der Waals surface area contributed by atoms with E-state index < -0.39 is 0 Å². The van der Waals surface area contributed by atoms with Crippen LogP contribution in [-0.4, -0.2) is 53.8 Å². The lowest BCUT2D eigenvalue weighted by Crippen LogP contribution is -2.36. The number of hydrogen-bond acceptors (Lipinski definition) is 2. The van der Waals surface area contributed by atoms with Gasteiger partial charge in [0, 0.05) is 36.5 Å². The molecule has 2 rings (SSSR count). The molecule has 20 heavy (non-hydrogen) atoms. The molecular formula is C15H20BrClN2O. The Morgan fingerprint density at radius 3 is 2.75 bits per heavy atom. The predicted octanol–water partition coefficient (Wildman–Crippen LogP) is 2.81. The molecule has 0 unspecified atom stereocenters. The highest BCUT2D eigenvalue weighted by atomic mass is 79.9. The van der Waals surface area contributed by atoms with Crippen molar-refractivity contribution in [3.8, 4) is 0 Å². The molecule has 0 N–H and O–H groups in total. The minimum Gasteiger partial charge on any atom is -0.341 e. The van der Waals surface area contributed by atoms with Crippen LogP contribution in [0.1, 0.15) is 12.0 Å². The first-order valence-corrected chi connectivity index (χ1v) is 8.50. The van der Waals surface area contributed by atoms with Crippen LogP contribution >= 0.6 is 27.5 Å². The molecule has 0 spiro atoms. The molecule has 0 aromatic heterocycles. The maximum atomic E-state index is 12.4. The Hall–Kier alpha value is -0.580. The van der Waals surface area contributed by atoms with Crippen LogP contribution in [0.5, 0.6) is 0 Å². The fourth-order valence-electron chi connectivity index (χ4n) is 2.48. The number of halogens is 2. The summed E-state index contributed by atoms with van der Waals surface area (Å²) >= 11 is 9.59. The van der Waals surface area contributed by atoms with Gasteiger partial charge in [0.25, 0.3) is 0 Å². The maximum Gasteiger partial charge on any atom is 0.227 e. The fraction of sp³-hybridized carbons (Fsp3) is 0.533. The molecule has 0 atom stereocenters. The lowest BCUT2D eigenvalue weighted by molar-refractivity contribution is -0.130. The van der Waals surface area contributed by atoms with E-state index in [2.05, 4.69) is 20.8 Å². The van der Waals surface area contributed by atoms with Crippen molar-refractivity contribution in [2.45, 2.75) is 12.8 Å². The maximum absolute atomic E-state index is 12.4. The van der Waals surface area contributed by atoms with E-state index >= 15 is 0 Å². The monoisotopic (exact) mass is 358 g/mol. The van der Waals surface area contributed by atoms with Gasteiger partial charge in [-0.25, -0.2) is 0 Å². The van der Waals surface area contributed by atoms with Crippen LogP contribution in [0.15, 0.2) is 24.3 Å². The molecule has 1 aromatic carbocycles. The predicted molar refractivity (Wildman–Crippen MR) is 86.6 cm³/mol. The summed E-state index contributed by atoms with van der Waals surface area (Å²) in [6.07, 6.45) is 1.44. The van der Waals surface area contributed by atoms with Crippen LogP contribution < -0.4 is 0 Å². The third-order valence-corrected chi connectivity index (χ3v) is 4.36. The van der Waals surface area contributed by atoms with E-state index in [1.165, 1.54) is 0 Å². The highest BCUT2D eigenvalue weighted by Crippen LogP contribution is 2.16. The number of hydrogen-bond donors (Lipinski definition) is 0. The first-order chi connectivity index (χ1) is 9.70. The molecule has 1 aliphatic rings. The van der Waals surface area contributed by atoms with Gasteiger partial charge in [-0.1, -0.05) is 45.7 Å². The van der Waals surface area contributed by atoms with Gasteiger partial charge in [0.15, 0.2) is 0 Å².